The van der Waals surface area contributed by atoms with E-state index in [1.54, 1.807) is 16.9 Å². The van der Waals surface area contributed by atoms with Crippen molar-refractivity contribution in [2.45, 2.75) is 19.3 Å². The molecule has 0 radical (unpaired) electrons. The number of rotatable bonds is 2. The molecule has 3 rings (SSSR count). The van der Waals surface area contributed by atoms with Crippen LogP contribution in [0.1, 0.15) is 27.9 Å². The standard InChI is InChI=1S/C14H15N3O/c1-17-8-7-13(16-17)15-14(18)12-6-5-10-3-2-4-11(10)9-12/h5-9H,2-4H2,1H3,(H,15,16,18). The Bertz CT molecular complexity index is 601. The predicted molar refractivity (Wildman–Crippen MR) is 69.6 cm³/mol. The Balaban J connectivity index is 1.80. The van der Waals surface area contributed by atoms with E-state index in [4.69, 9.17) is 0 Å². The van der Waals surface area contributed by atoms with E-state index in [2.05, 4.69) is 16.5 Å². The van der Waals surface area contributed by atoms with Crippen LogP contribution in [0.2, 0.25) is 0 Å². The maximum Gasteiger partial charge on any atom is 0.256 e. The van der Waals surface area contributed by atoms with Crippen LogP contribution in [0.4, 0.5) is 5.82 Å². The molecule has 1 aliphatic carbocycles. The summed E-state index contributed by atoms with van der Waals surface area (Å²) in [6, 6.07) is 7.74. The zero-order valence-electron chi connectivity index (χ0n) is 10.3. The van der Waals surface area contributed by atoms with E-state index in [0.29, 0.717) is 11.4 Å². The van der Waals surface area contributed by atoms with E-state index in [-0.39, 0.29) is 5.91 Å². The molecule has 0 bridgehead atoms. The molecule has 4 nitrogen and oxygen atoms in total. The van der Waals surface area contributed by atoms with Gasteiger partial charge in [0.05, 0.1) is 0 Å². The molecule has 1 aliphatic rings. The van der Waals surface area contributed by atoms with Crippen molar-refractivity contribution >= 4 is 11.7 Å². The van der Waals surface area contributed by atoms with Crippen molar-refractivity contribution in [2.24, 2.45) is 7.05 Å². The molecule has 18 heavy (non-hydrogen) atoms. The Morgan fingerprint density at radius 1 is 1.28 bits per heavy atom. The van der Waals surface area contributed by atoms with Gasteiger partial charge in [-0.15, -0.1) is 0 Å². The van der Waals surface area contributed by atoms with Gasteiger partial charge < -0.3 is 5.32 Å². The molecule has 1 aromatic carbocycles. The van der Waals surface area contributed by atoms with Gasteiger partial charge in [0.15, 0.2) is 5.82 Å². The Kier molecular flexibility index (Phi) is 2.63. The Hall–Kier alpha value is -2.10. The Morgan fingerprint density at radius 2 is 2.11 bits per heavy atom. The van der Waals surface area contributed by atoms with Gasteiger partial charge >= 0.3 is 0 Å². The second-order valence-electron chi connectivity index (χ2n) is 4.67. The molecule has 0 saturated heterocycles. The number of carbonyl (C=O) groups is 1. The normalized spacial score (nSPS) is 13.4. The molecule has 0 fully saturated rings. The summed E-state index contributed by atoms with van der Waals surface area (Å²) in [5.74, 6) is 0.492. The van der Waals surface area contributed by atoms with Crippen LogP contribution in [0.25, 0.3) is 0 Å². The number of benzene rings is 1. The molecule has 0 unspecified atom stereocenters. The van der Waals surface area contributed by atoms with Crippen molar-refractivity contribution in [1.82, 2.24) is 9.78 Å². The fourth-order valence-electron chi connectivity index (χ4n) is 2.38. The molecule has 1 aromatic heterocycles. The molecule has 1 N–H and O–H groups in total. The molecule has 0 aliphatic heterocycles. The maximum atomic E-state index is 12.1. The summed E-state index contributed by atoms with van der Waals surface area (Å²) in [4.78, 5) is 12.1. The zero-order valence-corrected chi connectivity index (χ0v) is 10.3. The van der Waals surface area contributed by atoms with Crippen molar-refractivity contribution in [2.75, 3.05) is 5.32 Å². The fourth-order valence-corrected chi connectivity index (χ4v) is 2.38. The SMILES string of the molecule is Cn1ccc(NC(=O)c2ccc3c(c2)CCC3)n1. The van der Waals surface area contributed by atoms with E-state index < -0.39 is 0 Å². The lowest BCUT2D eigenvalue weighted by molar-refractivity contribution is 0.102. The van der Waals surface area contributed by atoms with Crippen molar-refractivity contribution in [3.05, 3.63) is 47.2 Å². The van der Waals surface area contributed by atoms with Crippen LogP contribution in [0.5, 0.6) is 0 Å². The molecule has 92 valence electrons. The summed E-state index contributed by atoms with van der Waals surface area (Å²) in [5, 5.41) is 6.93. The lowest BCUT2D eigenvalue weighted by Gasteiger charge is -2.04. The number of fused-ring (bicyclic) bond motifs is 1. The van der Waals surface area contributed by atoms with Crippen LogP contribution in [0, 0.1) is 0 Å². The first-order chi connectivity index (χ1) is 8.72. The highest BCUT2D eigenvalue weighted by molar-refractivity contribution is 6.03. The molecule has 0 atom stereocenters. The van der Waals surface area contributed by atoms with Crippen LogP contribution in [-0.2, 0) is 19.9 Å². The smallest absolute Gasteiger partial charge is 0.256 e. The van der Waals surface area contributed by atoms with Gasteiger partial charge in [-0.1, -0.05) is 6.07 Å². The van der Waals surface area contributed by atoms with Crippen LogP contribution in [0.15, 0.2) is 30.5 Å². The van der Waals surface area contributed by atoms with Gasteiger partial charge in [0.2, 0.25) is 0 Å². The number of carbonyl (C=O) groups excluding carboxylic acids is 1. The van der Waals surface area contributed by atoms with E-state index in [1.807, 2.05) is 19.2 Å². The van der Waals surface area contributed by atoms with E-state index in [0.717, 1.165) is 12.8 Å². The molecular formula is C14H15N3O. The molecule has 0 saturated carbocycles. The number of amides is 1. The topological polar surface area (TPSA) is 46.9 Å². The molecule has 2 aromatic rings. The monoisotopic (exact) mass is 241 g/mol. The van der Waals surface area contributed by atoms with Crippen molar-refractivity contribution in [3.63, 3.8) is 0 Å². The van der Waals surface area contributed by atoms with E-state index >= 15 is 0 Å². The quantitative estimate of drug-likeness (QED) is 0.875. The van der Waals surface area contributed by atoms with Gasteiger partial charge in [-0.05, 0) is 42.5 Å². The van der Waals surface area contributed by atoms with Gasteiger partial charge in [0.1, 0.15) is 0 Å². The van der Waals surface area contributed by atoms with Gasteiger partial charge in [0.25, 0.3) is 5.91 Å². The second-order valence-corrected chi connectivity index (χ2v) is 4.67. The average Bonchev–Trinajstić information content (AvgIpc) is 2.96. The van der Waals surface area contributed by atoms with Gasteiger partial charge in [-0.25, -0.2) is 0 Å². The summed E-state index contributed by atoms with van der Waals surface area (Å²) >= 11 is 0. The minimum absolute atomic E-state index is 0.0941. The van der Waals surface area contributed by atoms with Gasteiger partial charge in [-0.2, -0.15) is 5.10 Å². The molecule has 4 heteroatoms. The molecule has 1 heterocycles. The van der Waals surface area contributed by atoms with Crippen LogP contribution < -0.4 is 5.32 Å². The summed E-state index contributed by atoms with van der Waals surface area (Å²) in [7, 11) is 1.82. The van der Waals surface area contributed by atoms with E-state index in [9.17, 15) is 4.79 Å². The number of aryl methyl sites for hydroxylation is 3. The molecular weight excluding hydrogens is 226 g/mol. The molecule has 1 amide bonds. The fraction of sp³-hybridized carbons (Fsp3) is 0.286. The lowest BCUT2D eigenvalue weighted by atomic mass is 10.1. The number of anilines is 1. The molecule has 0 spiro atoms. The first-order valence-corrected chi connectivity index (χ1v) is 6.15. The van der Waals surface area contributed by atoms with Crippen LogP contribution in [0.3, 0.4) is 0 Å². The predicted octanol–water partition coefficient (Wildman–Crippen LogP) is 2.16. The Labute approximate surface area is 106 Å². The van der Waals surface area contributed by atoms with Gasteiger partial charge in [-0.3, -0.25) is 9.48 Å². The minimum atomic E-state index is -0.0941. The van der Waals surface area contributed by atoms with Crippen molar-refractivity contribution in [3.8, 4) is 0 Å². The van der Waals surface area contributed by atoms with Crippen LogP contribution in [-0.4, -0.2) is 15.7 Å². The van der Waals surface area contributed by atoms with Gasteiger partial charge in [0, 0.05) is 24.9 Å². The Morgan fingerprint density at radius 3 is 2.89 bits per heavy atom. The van der Waals surface area contributed by atoms with Crippen molar-refractivity contribution < 1.29 is 4.79 Å². The third-order valence-electron chi connectivity index (χ3n) is 3.32. The second kappa shape index (κ2) is 4.29. The first kappa shape index (κ1) is 11.0. The highest BCUT2D eigenvalue weighted by Crippen LogP contribution is 2.23. The average molecular weight is 241 g/mol. The number of nitrogens with one attached hydrogen (secondary N) is 1. The summed E-state index contributed by atoms with van der Waals surface area (Å²) in [6.45, 7) is 0. The highest BCUT2D eigenvalue weighted by atomic mass is 16.1. The summed E-state index contributed by atoms with van der Waals surface area (Å²) in [5.41, 5.74) is 3.40. The number of hydrogen-bond donors (Lipinski definition) is 1. The lowest BCUT2D eigenvalue weighted by Crippen LogP contribution is -2.12. The van der Waals surface area contributed by atoms with Crippen molar-refractivity contribution in [1.29, 1.82) is 0 Å². The maximum absolute atomic E-state index is 12.1. The minimum Gasteiger partial charge on any atom is -0.305 e. The summed E-state index contributed by atoms with van der Waals surface area (Å²) in [6.07, 6.45) is 5.22. The van der Waals surface area contributed by atoms with Crippen LogP contribution >= 0.6 is 0 Å². The zero-order chi connectivity index (χ0) is 12.5. The summed E-state index contributed by atoms with van der Waals surface area (Å²) < 4.78 is 1.66. The van der Waals surface area contributed by atoms with E-state index in [1.165, 1.54) is 17.5 Å². The number of aromatic nitrogens is 2. The third-order valence-corrected chi connectivity index (χ3v) is 3.32. The number of hydrogen-bond acceptors (Lipinski definition) is 2. The first-order valence-electron chi connectivity index (χ1n) is 6.15. The largest absolute Gasteiger partial charge is 0.305 e. The third kappa shape index (κ3) is 2.01. The highest BCUT2D eigenvalue weighted by Gasteiger charge is 2.14. The number of nitrogens with zero attached hydrogens (tertiary/aromatic N) is 2.